The molecule has 0 rings (SSSR count). The van der Waals surface area contributed by atoms with E-state index in [-0.39, 0.29) is 19.1 Å². The number of rotatable bonds is 59. The van der Waals surface area contributed by atoms with Crippen LogP contribution in [0.5, 0.6) is 0 Å². The van der Waals surface area contributed by atoms with E-state index < -0.39 is 20.0 Å². The Labute approximate surface area is 460 Å². The molecule has 0 aromatic rings. The summed E-state index contributed by atoms with van der Waals surface area (Å²) in [6.45, 7) is 4.65. The van der Waals surface area contributed by atoms with E-state index in [1.54, 1.807) is 0 Å². The lowest BCUT2D eigenvalue weighted by Crippen LogP contribution is -2.46. The molecule has 8 nitrogen and oxygen atoms in total. The predicted molar refractivity (Wildman–Crippen MR) is 321 cm³/mol. The molecule has 0 radical (unpaired) electrons. The lowest BCUT2D eigenvalue weighted by Gasteiger charge is -2.30. The molecule has 0 bridgehead atoms. The van der Waals surface area contributed by atoms with E-state index in [0.717, 1.165) is 64.2 Å². The number of carbonyl (C=O) groups is 1. The predicted octanol–water partition coefficient (Wildman–Crippen LogP) is 19.2. The van der Waals surface area contributed by atoms with E-state index >= 15 is 0 Å². The summed E-state index contributed by atoms with van der Waals surface area (Å²) in [4.78, 5) is 25.6. The fraction of sp³-hybridized carbons (Fsp3) is 0.862. The van der Waals surface area contributed by atoms with Crippen molar-refractivity contribution in [1.29, 1.82) is 0 Å². The van der Waals surface area contributed by atoms with Crippen molar-refractivity contribution in [2.45, 2.75) is 321 Å². The number of amides is 1. The molecule has 0 heterocycles. The third kappa shape index (κ3) is 58.1. The molecule has 0 saturated heterocycles. The average Bonchev–Trinajstić information content (AvgIpc) is 3.36. The van der Waals surface area contributed by atoms with Crippen molar-refractivity contribution in [1.82, 2.24) is 5.32 Å². The molecule has 74 heavy (non-hydrogen) atoms. The summed E-state index contributed by atoms with van der Waals surface area (Å²) in [6, 6.07) is -0.803. The first kappa shape index (κ1) is 72.5. The Morgan fingerprint density at radius 3 is 1.20 bits per heavy atom. The first-order valence-electron chi connectivity index (χ1n) is 32.0. The number of hydrogen-bond acceptors (Lipinski definition) is 6. The first-order valence-corrected chi connectivity index (χ1v) is 33.4. The van der Waals surface area contributed by atoms with Gasteiger partial charge in [0, 0.05) is 6.42 Å². The largest absolute Gasteiger partial charge is 0.756 e. The van der Waals surface area contributed by atoms with Crippen molar-refractivity contribution in [3.63, 3.8) is 0 Å². The molecule has 0 fully saturated rings. The Bertz CT molecular complexity index is 1340. The van der Waals surface area contributed by atoms with Crippen LogP contribution >= 0.6 is 7.82 Å². The lowest BCUT2D eigenvalue weighted by molar-refractivity contribution is -0.870. The Morgan fingerprint density at radius 2 is 0.824 bits per heavy atom. The maximum Gasteiger partial charge on any atom is 0.268 e. The van der Waals surface area contributed by atoms with Crippen molar-refractivity contribution in [2.24, 2.45) is 0 Å². The zero-order chi connectivity index (χ0) is 54.2. The Morgan fingerprint density at radius 1 is 0.486 bits per heavy atom. The third-order valence-corrected chi connectivity index (χ3v) is 15.5. The van der Waals surface area contributed by atoms with Gasteiger partial charge < -0.3 is 28.8 Å². The highest BCUT2D eigenvalue weighted by Gasteiger charge is 2.24. The van der Waals surface area contributed by atoms with Gasteiger partial charge in [0.15, 0.2) is 0 Å². The molecule has 0 aliphatic carbocycles. The van der Waals surface area contributed by atoms with Gasteiger partial charge in [0.25, 0.3) is 7.82 Å². The minimum Gasteiger partial charge on any atom is -0.756 e. The van der Waals surface area contributed by atoms with E-state index in [1.807, 2.05) is 21.1 Å². The number of quaternary nitrogens is 1. The Balaban J connectivity index is 4.09. The van der Waals surface area contributed by atoms with Gasteiger partial charge in [-0.1, -0.05) is 300 Å². The smallest absolute Gasteiger partial charge is 0.268 e. The second-order valence-corrected chi connectivity index (χ2v) is 24.5. The summed E-state index contributed by atoms with van der Waals surface area (Å²) in [7, 11) is 1.31. The lowest BCUT2D eigenvalue weighted by atomic mass is 10.0. The van der Waals surface area contributed by atoms with Crippen LogP contribution in [0.15, 0.2) is 48.6 Å². The van der Waals surface area contributed by atoms with Gasteiger partial charge in [0.2, 0.25) is 5.91 Å². The standard InChI is InChI=1S/C65H125N2O6P/c1-6-8-10-12-14-16-18-20-22-24-26-28-30-32-33-35-37-39-41-43-45-47-49-51-53-55-57-59-65(69)66-63(62-73-74(70,71)72-61-60-67(3,4)5)64(68)58-56-54-52-50-48-46-44-42-40-38-36-34-31-29-27-25-23-21-19-17-15-13-11-9-7-2/h8,10,14,16,20,22,26,28,63-64,68H,6-7,9,11-13,15,17-19,21,23-25,27,29-62H2,1-5H3,(H-,66,69,70,71)/b10-8-,16-14-,22-20-,28-26-. The quantitative estimate of drug-likeness (QED) is 0.0272. The van der Waals surface area contributed by atoms with Crippen molar-refractivity contribution >= 4 is 13.7 Å². The maximum absolute atomic E-state index is 13.0. The highest BCUT2D eigenvalue weighted by molar-refractivity contribution is 7.45. The molecule has 3 atom stereocenters. The van der Waals surface area contributed by atoms with E-state index in [9.17, 15) is 19.4 Å². The molecule has 0 saturated carbocycles. The number of nitrogens with one attached hydrogen (secondary N) is 1. The monoisotopic (exact) mass is 1060 g/mol. The second kappa shape index (κ2) is 56.2. The topological polar surface area (TPSA) is 108 Å². The number of unbranched alkanes of at least 4 members (excludes halogenated alkanes) is 38. The summed E-state index contributed by atoms with van der Waals surface area (Å²) in [6.07, 6.45) is 74.4. The fourth-order valence-corrected chi connectivity index (χ4v) is 10.3. The van der Waals surface area contributed by atoms with Crippen molar-refractivity contribution in [2.75, 3.05) is 40.9 Å². The molecule has 0 aromatic carbocycles. The number of allylic oxidation sites excluding steroid dienone is 8. The number of phosphoric acid groups is 1. The molecule has 0 aliphatic rings. The summed E-state index contributed by atoms with van der Waals surface area (Å²) < 4.78 is 23.5. The number of phosphoric ester groups is 1. The summed E-state index contributed by atoms with van der Waals surface area (Å²) in [5.74, 6) is -0.162. The van der Waals surface area contributed by atoms with Crippen LogP contribution in [0.2, 0.25) is 0 Å². The highest BCUT2D eigenvalue weighted by atomic mass is 31.2. The molecular weight excluding hydrogens is 936 g/mol. The Hall–Kier alpha value is -1.54. The number of aliphatic hydroxyl groups excluding tert-OH is 1. The number of hydrogen-bond donors (Lipinski definition) is 2. The van der Waals surface area contributed by atoms with Gasteiger partial charge in [0.05, 0.1) is 39.9 Å². The van der Waals surface area contributed by atoms with Gasteiger partial charge >= 0.3 is 0 Å². The number of likely N-dealkylation sites (N-methyl/N-ethyl adjacent to an activating group) is 1. The molecule has 3 unspecified atom stereocenters. The number of nitrogens with zero attached hydrogens (tertiary/aromatic N) is 1. The molecule has 0 aromatic heterocycles. The van der Waals surface area contributed by atoms with Gasteiger partial charge in [-0.25, -0.2) is 0 Å². The summed E-state index contributed by atoms with van der Waals surface area (Å²) in [5, 5.41) is 14.1. The molecular formula is C65H125N2O6P. The van der Waals surface area contributed by atoms with Gasteiger partial charge in [-0.2, -0.15) is 0 Å². The van der Waals surface area contributed by atoms with Gasteiger partial charge in [0.1, 0.15) is 13.2 Å². The first-order chi connectivity index (χ1) is 36.0. The highest BCUT2D eigenvalue weighted by Crippen LogP contribution is 2.38. The molecule has 0 spiro atoms. The summed E-state index contributed by atoms with van der Waals surface area (Å²) in [5.41, 5.74) is 0. The van der Waals surface area contributed by atoms with Gasteiger partial charge in [-0.05, 0) is 51.4 Å². The zero-order valence-electron chi connectivity index (χ0n) is 49.8. The van der Waals surface area contributed by atoms with Crippen molar-refractivity contribution in [3.8, 4) is 0 Å². The number of carbonyl (C=O) groups excluding carboxylic acids is 1. The molecule has 9 heteroatoms. The van der Waals surface area contributed by atoms with E-state index in [0.29, 0.717) is 23.9 Å². The van der Waals surface area contributed by atoms with Crippen LogP contribution in [0.25, 0.3) is 0 Å². The third-order valence-electron chi connectivity index (χ3n) is 14.6. The second-order valence-electron chi connectivity index (χ2n) is 23.1. The average molecular weight is 1060 g/mol. The molecule has 0 aliphatic heterocycles. The van der Waals surface area contributed by atoms with Crippen LogP contribution in [-0.4, -0.2) is 68.5 Å². The van der Waals surface area contributed by atoms with Gasteiger partial charge in [-0.15, -0.1) is 0 Å². The normalized spacial score (nSPS) is 14.1. The van der Waals surface area contributed by atoms with E-state index in [1.165, 1.54) is 218 Å². The van der Waals surface area contributed by atoms with E-state index in [4.69, 9.17) is 9.05 Å². The molecule has 436 valence electrons. The Kier molecular flexibility index (Phi) is 55.0. The van der Waals surface area contributed by atoms with Crippen LogP contribution in [0.4, 0.5) is 0 Å². The van der Waals surface area contributed by atoms with Crippen molar-refractivity contribution in [3.05, 3.63) is 48.6 Å². The van der Waals surface area contributed by atoms with Crippen molar-refractivity contribution < 1.29 is 32.9 Å². The van der Waals surface area contributed by atoms with E-state index in [2.05, 4.69) is 67.8 Å². The minimum atomic E-state index is -4.58. The SMILES string of the molecule is CC/C=C\C/C=C\C/C=C\C/C=C\CCCCCCCCCCCCCCCCC(=O)NC(COP(=O)([O-])OCC[N+](C)(C)C)C(O)CCCCCCCCCCCCCCCCCCCCCCCCCCC. The molecule has 2 N–H and O–H groups in total. The molecule has 1 amide bonds. The van der Waals surface area contributed by atoms with Crippen LogP contribution in [0.3, 0.4) is 0 Å². The summed E-state index contributed by atoms with van der Waals surface area (Å²) >= 11 is 0. The zero-order valence-corrected chi connectivity index (χ0v) is 50.7. The van der Waals surface area contributed by atoms with Crippen LogP contribution in [0.1, 0.15) is 309 Å². The number of aliphatic hydroxyl groups is 1. The minimum absolute atomic E-state index is 0.0123. The van der Waals surface area contributed by atoms with Crippen LogP contribution < -0.4 is 10.2 Å². The van der Waals surface area contributed by atoms with Crippen LogP contribution in [-0.2, 0) is 18.4 Å². The maximum atomic E-state index is 13.0. The van der Waals surface area contributed by atoms with Gasteiger partial charge in [-0.3, -0.25) is 9.36 Å². The van der Waals surface area contributed by atoms with Crippen LogP contribution in [0, 0.1) is 0 Å². The fourth-order valence-electron chi connectivity index (χ4n) is 9.62.